The third-order valence-electron chi connectivity index (χ3n) is 4.30. The number of nitrogens with zero attached hydrogens (tertiary/aromatic N) is 3. The number of aryl methyl sites for hydroxylation is 2. The number of rotatable bonds is 5. The summed E-state index contributed by atoms with van der Waals surface area (Å²) in [5.74, 6) is 0.239. The van der Waals surface area contributed by atoms with Crippen LogP contribution in [0.3, 0.4) is 0 Å². The molecule has 0 aliphatic carbocycles. The maximum absolute atomic E-state index is 12.7. The fourth-order valence-corrected chi connectivity index (χ4v) is 2.79. The Balaban J connectivity index is 1.86. The first-order valence-electron chi connectivity index (χ1n) is 8.61. The molecule has 1 amide bonds. The molecular weight excluding hydrogens is 324 g/mol. The normalized spacial score (nSPS) is 10.4. The quantitative estimate of drug-likeness (QED) is 0.745. The highest BCUT2D eigenvalue weighted by molar-refractivity contribution is 6.04. The Morgan fingerprint density at radius 2 is 1.85 bits per heavy atom. The molecule has 0 aliphatic heterocycles. The minimum atomic E-state index is -0.179. The van der Waals surface area contributed by atoms with Crippen molar-refractivity contribution in [2.45, 2.75) is 20.3 Å². The van der Waals surface area contributed by atoms with Gasteiger partial charge in [0, 0.05) is 24.6 Å². The summed E-state index contributed by atoms with van der Waals surface area (Å²) in [6.45, 7) is 4.15. The maximum atomic E-state index is 12.7. The van der Waals surface area contributed by atoms with Crippen molar-refractivity contribution in [3.8, 4) is 0 Å². The maximum Gasteiger partial charge on any atom is 0.276 e. The average Bonchev–Trinajstić information content (AvgIpc) is 2.69. The lowest BCUT2D eigenvalue weighted by atomic mass is 10.1. The molecule has 0 spiro atoms. The van der Waals surface area contributed by atoms with E-state index < -0.39 is 0 Å². The summed E-state index contributed by atoms with van der Waals surface area (Å²) in [4.78, 5) is 23.0. The molecule has 2 aromatic carbocycles. The van der Waals surface area contributed by atoms with E-state index in [-0.39, 0.29) is 5.91 Å². The molecule has 5 heteroatoms. The van der Waals surface area contributed by atoms with E-state index in [0.717, 1.165) is 23.4 Å². The van der Waals surface area contributed by atoms with Gasteiger partial charge in [-0.25, -0.2) is 9.97 Å². The van der Waals surface area contributed by atoms with Gasteiger partial charge in [-0.1, -0.05) is 43.3 Å². The number of carbonyl (C=O) groups is 1. The van der Waals surface area contributed by atoms with Crippen LogP contribution < -0.4 is 10.2 Å². The fraction of sp³-hybridized carbons (Fsp3) is 0.190. The number of carbonyl (C=O) groups excluding carboxylic acids is 1. The van der Waals surface area contributed by atoms with E-state index in [9.17, 15) is 4.79 Å². The highest BCUT2D eigenvalue weighted by Crippen LogP contribution is 2.24. The van der Waals surface area contributed by atoms with Gasteiger partial charge in [0.25, 0.3) is 5.91 Å². The van der Waals surface area contributed by atoms with Crippen molar-refractivity contribution in [3.63, 3.8) is 0 Å². The molecule has 1 N–H and O–H groups in total. The van der Waals surface area contributed by atoms with Crippen molar-refractivity contribution >= 4 is 23.2 Å². The minimum absolute atomic E-state index is 0.179. The molecule has 1 heterocycles. The van der Waals surface area contributed by atoms with Crippen molar-refractivity contribution in [2.75, 3.05) is 17.3 Å². The van der Waals surface area contributed by atoms with Crippen LogP contribution in [0.5, 0.6) is 0 Å². The van der Waals surface area contributed by atoms with Crippen LogP contribution in [0.25, 0.3) is 0 Å². The zero-order valence-electron chi connectivity index (χ0n) is 15.2. The average molecular weight is 346 g/mol. The third-order valence-corrected chi connectivity index (χ3v) is 4.30. The Kier molecular flexibility index (Phi) is 5.27. The summed E-state index contributed by atoms with van der Waals surface area (Å²) in [6, 6.07) is 17.3. The molecule has 0 bridgehead atoms. The van der Waals surface area contributed by atoms with Crippen LogP contribution in [-0.2, 0) is 6.42 Å². The summed E-state index contributed by atoms with van der Waals surface area (Å²) >= 11 is 0. The fourth-order valence-electron chi connectivity index (χ4n) is 2.79. The van der Waals surface area contributed by atoms with Crippen LogP contribution in [0.1, 0.15) is 28.5 Å². The summed E-state index contributed by atoms with van der Waals surface area (Å²) in [5.41, 5.74) is 4.46. The molecule has 3 aromatic rings. The number of amides is 1. The van der Waals surface area contributed by atoms with E-state index >= 15 is 0 Å². The first-order valence-corrected chi connectivity index (χ1v) is 8.61. The summed E-state index contributed by atoms with van der Waals surface area (Å²) in [7, 11) is 1.74. The molecule has 0 saturated carbocycles. The molecule has 0 radical (unpaired) electrons. The van der Waals surface area contributed by atoms with Crippen molar-refractivity contribution in [2.24, 2.45) is 0 Å². The van der Waals surface area contributed by atoms with Gasteiger partial charge >= 0.3 is 0 Å². The lowest BCUT2D eigenvalue weighted by molar-refractivity contribution is 0.0988. The molecular formula is C21H22N4O. The van der Waals surface area contributed by atoms with Crippen LogP contribution in [0.4, 0.5) is 17.3 Å². The third kappa shape index (κ3) is 3.72. The molecule has 0 aliphatic rings. The van der Waals surface area contributed by atoms with Crippen LogP contribution in [0.15, 0.2) is 60.8 Å². The van der Waals surface area contributed by atoms with Gasteiger partial charge in [-0.05, 0) is 42.7 Å². The summed E-state index contributed by atoms with van der Waals surface area (Å²) in [5, 5.41) is 3.27. The van der Waals surface area contributed by atoms with Gasteiger partial charge in [-0.2, -0.15) is 0 Å². The molecule has 3 rings (SSSR count). The molecule has 5 nitrogen and oxygen atoms in total. The Morgan fingerprint density at radius 3 is 2.58 bits per heavy atom. The molecule has 1 aromatic heterocycles. The molecule has 26 heavy (non-hydrogen) atoms. The lowest BCUT2D eigenvalue weighted by Gasteiger charge is -2.17. The Morgan fingerprint density at radius 1 is 1.08 bits per heavy atom. The molecule has 0 saturated heterocycles. The van der Waals surface area contributed by atoms with Crippen LogP contribution in [0, 0.1) is 6.92 Å². The Hall–Kier alpha value is -3.21. The summed E-state index contributed by atoms with van der Waals surface area (Å²) in [6.07, 6.45) is 2.50. The number of nitrogens with one attached hydrogen (secondary N) is 1. The van der Waals surface area contributed by atoms with E-state index in [2.05, 4.69) is 28.3 Å². The predicted octanol–water partition coefficient (Wildman–Crippen LogP) is 4.37. The van der Waals surface area contributed by atoms with E-state index in [1.54, 1.807) is 24.2 Å². The highest BCUT2D eigenvalue weighted by Gasteiger charge is 2.16. The smallest absolute Gasteiger partial charge is 0.276 e. The molecule has 0 atom stereocenters. The van der Waals surface area contributed by atoms with E-state index in [0.29, 0.717) is 11.6 Å². The van der Waals surface area contributed by atoms with Crippen molar-refractivity contribution in [3.05, 3.63) is 77.6 Å². The van der Waals surface area contributed by atoms with Gasteiger partial charge in [0.2, 0.25) is 5.95 Å². The molecule has 0 unspecified atom stereocenters. The van der Waals surface area contributed by atoms with E-state index in [4.69, 9.17) is 0 Å². The molecule has 132 valence electrons. The van der Waals surface area contributed by atoms with Gasteiger partial charge in [0.1, 0.15) is 5.69 Å². The standard InChI is InChI=1S/C21H22N4O/c1-4-16-10-8-9-15(2)19(16)24-21-22-14-13-18(23-21)20(26)25(3)17-11-6-5-7-12-17/h5-14H,4H2,1-3H3,(H,22,23,24). The van der Waals surface area contributed by atoms with Gasteiger partial charge in [-0.15, -0.1) is 0 Å². The Bertz CT molecular complexity index is 909. The van der Waals surface area contributed by atoms with Gasteiger partial charge in [-0.3, -0.25) is 4.79 Å². The zero-order chi connectivity index (χ0) is 18.5. The minimum Gasteiger partial charge on any atom is -0.324 e. The monoisotopic (exact) mass is 346 g/mol. The van der Waals surface area contributed by atoms with Gasteiger partial charge in [0.05, 0.1) is 0 Å². The second-order valence-electron chi connectivity index (χ2n) is 6.05. The van der Waals surface area contributed by atoms with Crippen molar-refractivity contribution < 1.29 is 4.79 Å². The second-order valence-corrected chi connectivity index (χ2v) is 6.05. The number of para-hydroxylation sites is 2. The lowest BCUT2D eigenvalue weighted by Crippen LogP contribution is -2.27. The van der Waals surface area contributed by atoms with Crippen LogP contribution in [0.2, 0.25) is 0 Å². The SMILES string of the molecule is CCc1cccc(C)c1Nc1nccc(C(=O)N(C)c2ccccc2)n1. The number of benzene rings is 2. The number of hydrogen-bond acceptors (Lipinski definition) is 4. The van der Waals surface area contributed by atoms with Gasteiger partial charge < -0.3 is 10.2 Å². The van der Waals surface area contributed by atoms with E-state index in [1.165, 1.54) is 5.56 Å². The van der Waals surface area contributed by atoms with Crippen LogP contribution >= 0.6 is 0 Å². The number of hydrogen-bond donors (Lipinski definition) is 1. The van der Waals surface area contributed by atoms with Crippen LogP contribution in [-0.4, -0.2) is 22.9 Å². The van der Waals surface area contributed by atoms with Crippen molar-refractivity contribution in [1.82, 2.24) is 9.97 Å². The predicted molar refractivity (Wildman–Crippen MR) is 105 cm³/mol. The number of aromatic nitrogens is 2. The highest BCUT2D eigenvalue weighted by atomic mass is 16.2. The second kappa shape index (κ2) is 7.78. The van der Waals surface area contributed by atoms with Gasteiger partial charge in [0.15, 0.2) is 0 Å². The summed E-state index contributed by atoms with van der Waals surface area (Å²) < 4.78 is 0. The first kappa shape index (κ1) is 17.6. The molecule has 0 fully saturated rings. The number of anilines is 3. The van der Waals surface area contributed by atoms with Crippen molar-refractivity contribution in [1.29, 1.82) is 0 Å². The Labute approximate surface area is 153 Å². The zero-order valence-corrected chi connectivity index (χ0v) is 15.2. The first-order chi connectivity index (χ1) is 12.6. The van der Waals surface area contributed by atoms with E-state index in [1.807, 2.05) is 49.4 Å². The topological polar surface area (TPSA) is 58.1 Å². The largest absolute Gasteiger partial charge is 0.324 e.